The van der Waals surface area contributed by atoms with Crippen LogP contribution in [0.25, 0.3) is 11.0 Å². The van der Waals surface area contributed by atoms with Crippen LogP contribution in [0.2, 0.25) is 0 Å². The molecule has 0 aliphatic rings. The number of halogens is 3. The van der Waals surface area contributed by atoms with Gasteiger partial charge in [-0.2, -0.15) is 18.3 Å². The van der Waals surface area contributed by atoms with Gasteiger partial charge in [-0.3, -0.25) is 14.9 Å². The van der Waals surface area contributed by atoms with Gasteiger partial charge in [0.15, 0.2) is 0 Å². The summed E-state index contributed by atoms with van der Waals surface area (Å²) in [5.74, 6) is -1.96. The Kier molecular flexibility index (Phi) is 5.07. The molecule has 28 heavy (non-hydrogen) atoms. The van der Waals surface area contributed by atoms with Crippen molar-refractivity contribution in [1.82, 2.24) is 15.0 Å². The molecule has 0 atom stereocenters. The molecule has 11 heteroatoms. The number of hydrogen-bond acceptors (Lipinski definition) is 5. The zero-order chi connectivity index (χ0) is 20.3. The summed E-state index contributed by atoms with van der Waals surface area (Å²) >= 11 is 0. The number of nitro groups is 1. The normalized spacial score (nSPS) is 11.8. The Balaban J connectivity index is 1.74. The van der Waals surface area contributed by atoms with Crippen LogP contribution in [0.3, 0.4) is 0 Å². The maximum absolute atomic E-state index is 13.2. The van der Waals surface area contributed by atoms with E-state index >= 15 is 0 Å². The van der Waals surface area contributed by atoms with Crippen molar-refractivity contribution in [3.63, 3.8) is 0 Å². The molecule has 3 rings (SSSR count). The molecule has 1 N–H and O–H groups in total. The minimum absolute atomic E-state index is 0.104. The fourth-order valence-corrected chi connectivity index (χ4v) is 2.49. The molecule has 0 aliphatic heterocycles. The highest BCUT2D eigenvalue weighted by Crippen LogP contribution is 2.31. The lowest BCUT2D eigenvalue weighted by Crippen LogP contribution is -2.26. The average Bonchev–Trinajstić information content (AvgIpc) is 3.01. The number of hydrogen-bond donors (Lipinski definition) is 1. The van der Waals surface area contributed by atoms with Crippen LogP contribution in [0, 0.1) is 10.1 Å². The number of para-hydroxylation sites is 2. The van der Waals surface area contributed by atoms with Gasteiger partial charge in [-0.05, 0) is 29.8 Å². The van der Waals surface area contributed by atoms with Crippen LogP contribution < -0.4 is 5.43 Å². The molecule has 0 unspecified atom stereocenters. The first-order valence-corrected chi connectivity index (χ1v) is 7.84. The van der Waals surface area contributed by atoms with Gasteiger partial charge in [0.2, 0.25) is 5.82 Å². The largest absolute Gasteiger partial charge is 0.449 e. The number of alkyl halides is 3. The van der Waals surface area contributed by atoms with Crippen LogP contribution in [-0.2, 0) is 17.5 Å². The summed E-state index contributed by atoms with van der Waals surface area (Å²) in [7, 11) is 0. The highest BCUT2D eigenvalue weighted by molar-refractivity contribution is 5.84. The first kappa shape index (κ1) is 19.0. The second-order valence-electron chi connectivity index (χ2n) is 5.65. The number of carbonyl (C=O) groups excluding carboxylic acids is 1. The second kappa shape index (κ2) is 7.47. The number of benzene rings is 2. The molecule has 3 aromatic rings. The van der Waals surface area contributed by atoms with E-state index in [1.807, 2.05) is 0 Å². The third kappa shape index (κ3) is 4.14. The predicted molar refractivity (Wildman–Crippen MR) is 93.6 cm³/mol. The average molecular weight is 391 g/mol. The van der Waals surface area contributed by atoms with E-state index in [0.29, 0.717) is 5.56 Å². The summed E-state index contributed by atoms with van der Waals surface area (Å²) in [5, 5.41) is 14.2. The van der Waals surface area contributed by atoms with E-state index in [1.165, 1.54) is 42.6 Å². The maximum atomic E-state index is 13.2. The Hall–Kier alpha value is -3.76. The van der Waals surface area contributed by atoms with Crippen molar-refractivity contribution in [1.29, 1.82) is 0 Å². The molecule has 0 fully saturated rings. The molecule has 2 aromatic carbocycles. The molecule has 8 nitrogen and oxygen atoms in total. The number of fused-ring (bicyclic) bond motifs is 1. The highest BCUT2D eigenvalue weighted by Gasteiger charge is 2.37. The summed E-state index contributed by atoms with van der Waals surface area (Å²) in [6.07, 6.45) is -3.50. The molecule has 0 saturated carbocycles. The van der Waals surface area contributed by atoms with Crippen LogP contribution in [0.5, 0.6) is 0 Å². The van der Waals surface area contributed by atoms with E-state index in [2.05, 4.69) is 15.5 Å². The van der Waals surface area contributed by atoms with Gasteiger partial charge in [-0.25, -0.2) is 10.4 Å². The molecular weight excluding hydrogens is 379 g/mol. The van der Waals surface area contributed by atoms with Crippen LogP contribution >= 0.6 is 0 Å². The molecule has 0 saturated heterocycles. The number of imidazole rings is 1. The summed E-state index contributed by atoms with van der Waals surface area (Å²) in [5.41, 5.74) is 2.79. The Morgan fingerprint density at radius 1 is 1.21 bits per heavy atom. The fourth-order valence-electron chi connectivity index (χ4n) is 2.49. The smallest absolute Gasteiger partial charge is 0.311 e. The van der Waals surface area contributed by atoms with Crippen LogP contribution in [-0.4, -0.2) is 26.6 Å². The van der Waals surface area contributed by atoms with Crippen LogP contribution in [0.1, 0.15) is 11.4 Å². The number of non-ortho nitro benzene ring substituents is 1. The molecule has 0 radical (unpaired) electrons. The summed E-state index contributed by atoms with van der Waals surface area (Å²) in [6, 6.07) is 11.3. The van der Waals surface area contributed by atoms with E-state index in [1.54, 1.807) is 12.1 Å². The number of nitrogens with zero attached hydrogens (tertiary/aromatic N) is 4. The minimum atomic E-state index is -4.72. The maximum Gasteiger partial charge on any atom is 0.449 e. The van der Waals surface area contributed by atoms with Crippen molar-refractivity contribution in [2.24, 2.45) is 5.10 Å². The minimum Gasteiger partial charge on any atom is -0.311 e. The van der Waals surface area contributed by atoms with Gasteiger partial charge in [0.25, 0.3) is 11.6 Å². The summed E-state index contributed by atoms with van der Waals surface area (Å²) in [4.78, 5) is 25.6. The van der Waals surface area contributed by atoms with Crippen molar-refractivity contribution in [3.05, 3.63) is 70.0 Å². The fraction of sp³-hybridized carbons (Fsp3) is 0.118. The van der Waals surface area contributed by atoms with Gasteiger partial charge in [0.1, 0.15) is 6.54 Å². The van der Waals surface area contributed by atoms with Gasteiger partial charge < -0.3 is 4.57 Å². The quantitative estimate of drug-likeness (QED) is 0.410. The zero-order valence-corrected chi connectivity index (χ0v) is 14.1. The lowest BCUT2D eigenvalue weighted by molar-refractivity contribution is -0.384. The number of carbonyl (C=O) groups is 1. The number of rotatable bonds is 5. The molecule has 0 aliphatic carbocycles. The SMILES string of the molecule is O=C(Cn1c(C(F)(F)F)nc2ccccc21)N/N=C/c1ccc([N+](=O)[O-])cc1. The van der Waals surface area contributed by atoms with Gasteiger partial charge in [0.05, 0.1) is 22.2 Å². The second-order valence-corrected chi connectivity index (χ2v) is 5.65. The molecule has 0 spiro atoms. The van der Waals surface area contributed by atoms with E-state index in [9.17, 15) is 28.1 Å². The molecule has 144 valence electrons. The number of amides is 1. The van der Waals surface area contributed by atoms with Gasteiger partial charge in [0, 0.05) is 12.1 Å². The van der Waals surface area contributed by atoms with Crippen molar-refractivity contribution in [2.75, 3.05) is 0 Å². The lowest BCUT2D eigenvalue weighted by atomic mass is 10.2. The Morgan fingerprint density at radius 3 is 2.54 bits per heavy atom. The Bertz CT molecular complexity index is 1060. The number of nitrogens with one attached hydrogen (secondary N) is 1. The van der Waals surface area contributed by atoms with Crippen molar-refractivity contribution >= 4 is 28.8 Å². The van der Waals surface area contributed by atoms with Crippen molar-refractivity contribution in [3.8, 4) is 0 Å². The molecule has 1 amide bonds. The van der Waals surface area contributed by atoms with E-state index in [4.69, 9.17) is 0 Å². The number of aromatic nitrogens is 2. The molecule has 1 aromatic heterocycles. The standard InChI is InChI=1S/C17H12F3N5O3/c18-17(19,20)16-22-13-3-1-2-4-14(13)24(16)10-15(26)23-21-9-11-5-7-12(8-6-11)25(27)28/h1-9H,10H2,(H,23,26)/b21-9+. The molecule has 1 heterocycles. The highest BCUT2D eigenvalue weighted by atomic mass is 19.4. The van der Waals surface area contributed by atoms with Crippen LogP contribution in [0.15, 0.2) is 53.6 Å². The zero-order valence-electron chi connectivity index (χ0n) is 14.1. The first-order valence-electron chi connectivity index (χ1n) is 7.84. The van der Waals surface area contributed by atoms with Gasteiger partial charge >= 0.3 is 6.18 Å². The molecular formula is C17H12F3N5O3. The third-order valence-electron chi connectivity index (χ3n) is 3.72. The number of hydrazone groups is 1. The lowest BCUT2D eigenvalue weighted by Gasteiger charge is -2.10. The Morgan fingerprint density at radius 2 is 1.89 bits per heavy atom. The first-order chi connectivity index (χ1) is 13.3. The molecule has 0 bridgehead atoms. The summed E-state index contributed by atoms with van der Waals surface area (Å²) < 4.78 is 40.4. The summed E-state index contributed by atoms with van der Waals surface area (Å²) in [6.45, 7) is -0.632. The van der Waals surface area contributed by atoms with E-state index in [0.717, 1.165) is 4.57 Å². The van der Waals surface area contributed by atoms with E-state index < -0.39 is 29.4 Å². The van der Waals surface area contributed by atoms with Crippen molar-refractivity contribution < 1.29 is 22.9 Å². The van der Waals surface area contributed by atoms with Gasteiger partial charge in [-0.1, -0.05) is 12.1 Å². The predicted octanol–water partition coefficient (Wildman–Crippen LogP) is 3.11. The monoisotopic (exact) mass is 391 g/mol. The third-order valence-corrected chi connectivity index (χ3v) is 3.72. The van der Waals surface area contributed by atoms with Crippen molar-refractivity contribution in [2.45, 2.75) is 12.7 Å². The topological polar surface area (TPSA) is 102 Å². The number of nitro benzene ring substituents is 1. The van der Waals surface area contributed by atoms with Crippen LogP contribution in [0.4, 0.5) is 18.9 Å². The van der Waals surface area contributed by atoms with E-state index in [-0.39, 0.29) is 16.7 Å². The Labute approximate surface area is 155 Å². The van der Waals surface area contributed by atoms with Gasteiger partial charge in [-0.15, -0.1) is 0 Å².